The summed E-state index contributed by atoms with van der Waals surface area (Å²) in [5.41, 5.74) is 1.61. The van der Waals surface area contributed by atoms with Crippen LogP contribution in [0.2, 0.25) is 5.02 Å². The van der Waals surface area contributed by atoms with E-state index in [0.29, 0.717) is 22.8 Å². The third-order valence-electron chi connectivity index (χ3n) is 5.04. The topological polar surface area (TPSA) is 134 Å². The second kappa shape index (κ2) is 10.5. The smallest absolute Gasteiger partial charge is 0.240 e. The molecule has 0 fully saturated rings. The van der Waals surface area contributed by atoms with Gasteiger partial charge < -0.3 is 9.47 Å². The van der Waals surface area contributed by atoms with Crippen molar-refractivity contribution in [1.29, 1.82) is 0 Å². The Bertz CT molecular complexity index is 1180. The number of halogens is 1. The zero-order valence-electron chi connectivity index (χ0n) is 18.9. The predicted octanol–water partition coefficient (Wildman–Crippen LogP) is 3.16. The number of hydrogen-bond acceptors (Lipinski definition) is 9. The van der Waals surface area contributed by atoms with Crippen molar-refractivity contribution in [3.05, 3.63) is 47.3 Å². The van der Waals surface area contributed by atoms with Gasteiger partial charge in [-0.05, 0) is 31.9 Å². The van der Waals surface area contributed by atoms with Crippen LogP contribution in [0.3, 0.4) is 0 Å². The Morgan fingerprint density at radius 1 is 1.12 bits per heavy atom. The first-order valence-corrected chi connectivity index (χ1v) is 12.1. The van der Waals surface area contributed by atoms with Crippen molar-refractivity contribution >= 4 is 27.6 Å². The lowest BCUT2D eigenvalue weighted by Gasteiger charge is -2.23. The lowest BCUT2D eigenvalue weighted by molar-refractivity contribution is 0.0438. The van der Waals surface area contributed by atoms with Crippen LogP contribution in [0, 0.1) is 6.92 Å². The van der Waals surface area contributed by atoms with E-state index in [9.17, 15) is 8.42 Å². The average molecular weight is 496 g/mol. The fourth-order valence-corrected chi connectivity index (χ4v) is 4.56. The Balaban J connectivity index is 1.99. The van der Waals surface area contributed by atoms with E-state index in [-0.39, 0.29) is 11.8 Å². The predicted molar refractivity (Wildman–Crippen MR) is 123 cm³/mol. The van der Waals surface area contributed by atoms with Crippen LogP contribution in [0.15, 0.2) is 30.9 Å². The standard InChI is InChI=1S/C20H26ClN7O4S/c1-6-16(31-4)28-19(14-7-12(2)8-22-9-14)25-26-20(28)27-33(29,30)13(3)17(32-5)18-23-10-15(21)11-24-18/h7-11,13,16-17H,6H2,1-5H3,(H,26,27)/t13-,16?,17-/m0/s1. The van der Waals surface area contributed by atoms with Crippen LogP contribution in [0.4, 0.5) is 5.95 Å². The van der Waals surface area contributed by atoms with Crippen molar-refractivity contribution in [2.45, 2.75) is 44.8 Å². The average Bonchev–Trinajstić information content (AvgIpc) is 3.19. The molecule has 1 unspecified atom stereocenters. The lowest BCUT2D eigenvalue weighted by Crippen LogP contribution is -2.34. The van der Waals surface area contributed by atoms with Crippen molar-refractivity contribution in [2.75, 3.05) is 18.9 Å². The lowest BCUT2D eigenvalue weighted by atomic mass is 10.2. The minimum Gasteiger partial charge on any atom is -0.372 e. The Hall–Kier alpha value is -2.67. The van der Waals surface area contributed by atoms with Gasteiger partial charge in [0.25, 0.3) is 0 Å². The summed E-state index contributed by atoms with van der Waals surface area (Å²) in [4.78, 5) is 12.4. The first-order chi connectivity index (χ1) is 15.7. The number of aryl methyl sites for hydroxylation is 1. The summed E-state index contributed by atoms with van der Waals surface area (Å²) >= 11 is 5.84. The maximum atomic E-state index is 13.3. The fourth-order valence-electron chi connectivity index (χ4n) is 3.32. The number of sulfonamides is 1. The summed E-state index contributed by atoms with van der Waals surface area (Å²) < 4.78 is 41.7. The van der Waals surface area contributed by atoms with Crippen molar-refractivity contribution in [1.82, 2.24) is 29.7 Å². The van der Waals surface area contributed by atoms with E-state index in [2.05, 4.69) is 29.9 Å². The molecule has 0 amide bonds. The van der Waals surface area contributed by atoms with E-state index in [0.717, 1.165) is 5.56 Å². The van der Waals surface area contributed by atoms with Gasteiger partial charge in [0, 0.05) is 44.6 Å². The summed E-state index contributed by atoms with van der Waals surface area (Å²) in [6.45, 7) is 5.31. The molecule has 13 heteroatoms. The number of pyridine rings is 1. The van der Waals surface area contributed by atoms with Gasteiger partial charge in [-0.2, -0.15) is 0 Å². The molecule has 0 aliphatic heterocycles. The molecule has 0 saturated heterocycles. The zero-order chi connectivity index (χ0) is 24.2. The largest absolute Gasteiger partial charge is 0.372 e. The van der Waals surface area contributed by atoms with Crippen LogP contribution in [0.25, 0.3) is 11.4 Å². The molecule has 33 heavy (non-hydrogen) atoms. The summed E-state index contributed by atoms with van der Waals surface area (Å²) in [5.74, 6) is 0.629. The highest BCUT2D eigenvalue weighted by Gasteiger charge is 2.35. The first kappa shape index (κ1) is 25.0. The molecule has 0 spiro atoms. The van der Waals surface area contributed by atoms with Crippen molar-refractivity contribution < 1.29 is 17.9 Å². The molecule has 3 heterocycles. The molecule has 0 radical (unpaired) electrons. The monoisotopic (exact) mass is 495 g/mol. The Labute approximate surface area is 197 Å². The van der Waals surface area contributed by atoms with Crippen LogP contribution in [0.5, 0.6) is 0 Å². The summed E-state index contributed by atoms with van der Waals surface area (Å²) in [6.07, 6.45) is 5.20. The third-order valence-corrected chi connectivity index (χ3v) is 6.92. The molecule has 0 aromatic carbocycles. The molecule has 3 aromatic rings. The highest BCUT2D eigenvalue weighted by Crippen LogP contribution is 2.30. The molecular formula is C20H26ClN7O4S. The SMILES string of the molecule is CCC(OC)n1c(NS(=O)(=O)[C@@H](C)[C@H](OC)c2ncc(Cl)cn2)nnc1-c1cncc(C)c1. The van der Waals surface area contributed by atoms with E-state index in [1.807, 2.05) is 19.9 Å². The second-order valence-corrected chi connectivity index (χ2v) is 9.81. The van der Waals surface area contributed by atoms with E-state index < -0.39 is 27.6 Å². The molecule has 3 aromatic heterocycles. The number of anilines is 1. The van der Waals surface area contributed by atoms with Crippen LogP contribution < -0.4 is 4.72 Å². The zero-order valence-corrected chi connectivity index (χ0v) is 20.5. The molecule has 3 atom stereocenters. The van der Waals surface area contributed by atoms with E-state index in [1.165, 1.54) is 33.5 Å². The molecule has 3 rings (SSSR count). The molecule has 0 aliphatic carbocycles. The fraction of sp³-hybridized carbons (Fsp3) is 0.450. The van der Waals surface area contributed by atoms with Crippen molar-refractivity contribution in [3.63, 3.8) is 0 Å². The molecule has 0 aliphatic rings. The highest BCUT2D eigenvalue weighted by molar-refractivity contribution is 7.93. The first-order valence-electron chi connectivity index (χ1n) is 10.1. The molecule has 0 saturated carbocycles. The second-order valence-electron chi connectivity index (χ2n) is 7.33. The number of nitrogens with one attached hydrogen (secondary N) is 1. The van der Waals surface area contributed by atoms with Gasteiger partial charge in [-0.1, -0.05) is 18.5 Å². The number of aromatic nitrogens is 6. The van der Waals surface area contributed by atoms with E-state index in [4.69, 9.17) is 21.1 Å². The van der Waals surface area contributed by atoms with E-state index in [1.54, 1.807) is 17.0 Å². The Kier molecular flexibility index (Phi) is 7.95. The number of hydrogen-bond donors (Lipinski definition) is 1. The quantitative estimate of drug-likeness (QED) is 0.450. The normalized spacial score (nSPS) is 14.6. The van der Waals surface area contributed by atoms with Crippen LogP contribution in [-0.4, -0.2) is 57.6 Å². The number of methoxy groups -OCH3 is 2. The molecule has 0 bridgehead atoms. The molecule has 178 valence electrons. The molecule has 11 nitrogen and oxygen atoms in total. The maximum absolute atomic E-state index is 13.3. The molecular weight excluding hydrogens is 470 g/mol. The van der Waals surface area contributed by atoms with Gasteiger partial charge in [-0.3, -0.25) is 14.3 Å². The van der Waals surface area contributed by atoms with Gasteiger partial charge in [0.05, 0.1) is 5.02 Å². The van der Waals surface area contributed by atoms with Crippen LogP contribution in [-0.2, 0) is 19.5 Å². The van der Waals surface area contributed by atoms with Crippen molar-refractivity contribution in [3.8, 4) is 11.4 Å². The van der Waals surface area contributed by atoms with E-state index >= 15 is 0 Å². The summed E-state index contributed by atoms with van der Waals surface area (Å²) in [5, 5.41) is 7.58. The number of rotatable bonds is 10. The summed E-state index contributed by atoms with van der Waals surface area (Å²) in [6, 6.07) is 1.88. The number of nitrogens with zero attached hydrogens (tertiary/aromatic N) is 6. The van der Waals surface area contributed by atoms with Gasteiger partial charge in [0.15, 0.2) is 11.6 Å². The van der Waals surface area contributed by atoms with Gasteiger partial charge in [0.2, 0.25) is 16.0 Å². The maximum Gasteiger partial charge on any atom is 0.240 e. The summed E-state index contributed by atoms with van der Waals surface area (Å²) in [7, 11) is -1.09. The Morgan fingerprint density at radius 2 is 1.82 bits per heavy atom. The van der Waals surface area contributed by atoms with Crippen LogP contribution >= 0.6 is 11.6 Å². The molecule has 1 N–H and O–H groups in total. The van der Waals surface area contributed by atoms with Gasteiger partial charge in [-0.15, -0.1) is 10.2 Å². The minimum absolute atomic E-state index is 0.0129. The number of ether oxygens (including phenoxy) is 2. The Morgan fingerprint density at radius 3 is 2.39 bits per heavy atom. The van der Waals surface area contributed by atoms with Gasteiger partial charge >= 0.3 is 0 Å². The van der Waals surface area contributed by atoms with Crippen molar-refractivity contribution in [2.24, 2.45) is 0 Å². The van der Waals surface area contributed by atoms with Gasteiger partial charge in [0.1, 0.15) is 17.6 Å². The van der Waals surface area contributed by atoms with Gasteiger partial charge in [-0.25, -0.2) is 18.4 Å². The van der Waals surface area contributed by atoms with Crippen LogP contribution in [0.1, 0.15) is 44.0 Å². The minimum atomic E-state index is -4.01. The highest BCUT2D eigenvalue weighted by atomic mass is 35.5. The third kappa shape index (κ3) is 5.46.